The van der Waals surface area contributed by atoms with Crippen LogP contribution in [-0.2, 0) is 0 Å². The molecular formula is C12H24N2S. The van der Waals surface area contributed by atoms with Crippen molar-refractivity contribution in [2.24, 2.45) is 0 Å². The minimum atomic E-state index is 0.738. The van der Waals surface area contributed by atoms with E-state index in [1.165, 1.54) is 43.9 Å². The van der Waals surface area contributed by atoms with E-state index in [0.717, 1.165) is 18.1 Å². The quantitative estimate of drug-likeness (QED) is 0.795. The summed E-state index contributed by atoms with van der Waals surface area (Å²) in [6.07, 6.45) is 4.05. The van der Waals surface area contributed by atoms with Gasteiger partial charge in [0.15, 0.2) is 0 Å². The maximum atomic E-state index is 3.67. The number of nitrogens with one attached hydrogen (secondary N) is 1. The van der Waals surface area contributed by atoms with Crippen LogP contribution in [-0.4, -0.2) is 47.6 Å². The van der Waals surface area contributed by atoms with Crippen molar-refractivity contribution in [3.63, 3.8) is 0 Å². The highest BCUT2D eigenvalue weighted by molar-refractivity contribution is 7.99. The molecule has 2 nitrogen and oxygen atoms in total. The van der Waals surface area contributed by atoms with Crippen molar-refractivity contribution in [3.05, 3.63) is 0 Å². The van der Waals surface area contributed by atoms with Gasteiger partial charge in [-0.15, -0.1) is 0 Å². The fourth-order valence-corrected chi connectivity index (χ4v) is 4.02. The second kappa shape index (κ2) is 5.55. The lowest BCUT2D eigenvalue weighted by Crippen LogP contribution is -2.58. The normalized spacial score (nSPS) is 38.4. The first-order valence-corrected chi connectivity index (χ1v) is 7.53. The SMILES string of the molecule is CCCC1CN(C2CCSC2)C(C)CN1. The summed E-state index contributed by atoms with van der Waals surface area (Å²) >= 11 is 2.13. The summed E-state index contributed by atoms with van der Waals surface area (Å²) < 4.78 is 0. The molecule has 15 heavy (non-hydrogen) atoms. The van der Waals surface area contributed by atoms with Crippen molar-refractivity contribution in [2.75, 3.05) is 24.6 Å². The summed E-state index contributed by atoms with van der Waals surface area (Å²) in [6, 6.07) is 2.35. The van der Waals surface area contributed by atoms with Gasteiger partial charge in [-0.05, 0) is 25.5 Å². The summed E-state index contributed by atoms with van der Waals surface area (Å²) in [5.41, 5.74) is 0. The van der Waals surface area contributed by atoms with Gasteiger partial charge >= 0.3 is 0 Å². The molecule has 0 radical (unpaired) electrons. The van der Waals surface area contributed by atoms with Crippen LogP contribution in [0, 0.1) is 0 Å². The number of nitrogens with zero attached hydrogens (tertiary/aromatic N) is 1. The molecule has 3 heteroatoms. The van der Waals surface area contributed by atoms with Crippen molar-refractivity contribution in [2.45, 2.75) is 51.2 Å². The molecule has 2 rings (SSSR count). The predicted octanol–water partition coefficient (Wildman–Crippen LogP) is 1.95. The topological polar surface area (TPSA) is 15.3 Å². The molecule has 0 saturated carbocycles. The van der Waals surface area contributed by atoms with Crippen molar-refractivity contribution in [1.29, 1.82) is 0 Å². The monoisotopic (exact) mass is 228 g/mol. The zero-order valence-corrected chi connectivity index (χ0v) is 10.9. The molecule has 3 atom stereocenters. The first-order chi connectivity index (χ1) is 7.31. The van der Waals surface area contributed by atoms with E-state index in [9.17, 15) is 0 Å². The van der Waals surface area contributed by atoms with Crippen LogP contribution in [0.25, 0.3) is 0 Å². The Labute approximate surface area is 98.2 Å². The fourth-order valence-electron chi connectivity index (χ4n) is 2.79. The highest BCUT2D eigenvalue weighted by atomic mass is 32.2. The van der Waals surface area contributed by atoms with Gasteiger partial charge in [-0.3, -0.25) is 4.90 Å². The van der Waals surface area contributed by atoms with Gasteiger partial charge in [-0.25, -0.2) is 0 Å². The minimum Gasteiger partial charge on any atom is -0.311 e. The molecule has 0 spiro atoms. The van der Waals surface area contributed by atoms with Gasteiger partial charge in [-0.2, -0.15) is 11.8 Å². The van der Waals surface area contributed by atoms with E-state index < -0.39 is 0 Å². The molecule has 0 aromatic carbocycles. The maximum absolute atomic E-state index is 3.67. The molecule has 1 N–H and O–H groups in total. The van der Waals surface area contributed by atoms with Gasteiger partial charge < -0.3 is 5.32 Å². The van der Waals surface area contributed by atoms with Crippen LogP contribution in [0.15, 0.2) is 0 Å². The molecule has 0 amide bonds. The van der Waals surface area contributed by atoms with Gasteiger partial charge in [0, 0.05) is 37.0 Å². The van der Waals surface area contributed by atoms with E-state index in [1.807, 2.05) is 0 Å². The van der Waals surface area contributed by atoms with Gasteiger partial charge in [0.05, 0.1) is 0 Å². The van der Waals surface area contributed by atoms with Crippen molar-refractivity contribution >= 4 is 11.8 Å². The maximum Gasteiger partial charge on any atom is 0.0198 e. The lowest BCUT2D eigenvalue weighted by atomic mass is 10.0. The third kappa shape index (κ3) is 2.89. The molecule has 3 unspecified atom stereocenters. The first kappa shape index (κ1) is 11.7. The molecule has 2 heterocycles. The van der Waals surface area contributed by atoms with Crippen LogP contribution in [0.5, 0.6) is 0 Å². The highest BCUT2D eigenvalue weighted by Gasteiger charge is 2.31. The second-order valence-electron chi connectivity index (χ2n) is 4.96. The Morgan fingerprint density at radius 1 is 1.47 bits per heavy atom. The Bertz CT molecular complexity index is 192. The largest absolute Gasteiger partial charge is 0.311 e. The molecule has 0 aromatic rings. The smallest absolute Gasteiger partial charge is 0.0198 e. The Morgan fingerprint density at radius 3 is 3.00 bits per heavy atom. The van der Waals surface area contributed by atoms with E-state index in [1.54, 1.807) is 0 Å². The Balaban J connectivity index is 1.89. The Hall–Kier alpha value is 0.270. The van der Waals surface area contributed by atoms with Crippen LogP contribution in [0.3, 0.4) is 0 Å². The standard InChI is InChI=1S/C12H24N2S/c1-3-4-11-8-14(10(2)7-13-11)12-5-6-15-9-12/h10-13H,3-9H2,1-2H3. The van der Waals surface area contributed by atoms with Crippen LogP contribution in [0.1, 0.15) is 33.1 Å². The zero-order chi connectivity index (χ0) is 10.7. The number of rotatable bonds is 3. The average molecular weight is 228 g/mol. The number of hydrogen-bond donors (Lipinski definition) is 1. The number of piperazine rings is 1. The lowest BCUT2D eigenvalue weighted by Gasteiger charge is -2.42. The average Bonchev–Trinajstić information content (AvgIpc) is 2.74. The molecule has 2 fully saturated rings. The van der Waals surface area contributed by atoms with Crippen LogP contribution in [0.2, 0.25) is 0 Å². The van der Waals surface area contributed by atoms with E-state index in [2.05, 4.69) is 35.8 Å². The third-order valence-electron chi connectivity index (χ3n) is 3.71. The molecule has 2 aliphatic rings. The number of thioether (sulfide) groups is 1. The van der Waals surface area contributed by atoms with Gasteiger partial charge in [-0.1, -0.05) is 13.3 Å². The van der Waals surface area contributed by atoms with Crippen LogP contribution < -0.4 is 5.32 Å². The Morgan fingerprint density at radius 2 is 2.33 bits per heavy atom. The summed E-state index contributed by atoms with van der Waals surface area (Å²) in [7, 11) is 0. The minimum absolute atomic E-state index is 0.738. The summed E-state index contributed by atoms with van der Waals surface area (Å²) in [5.74, 6) is 2.74. The highest BCUT2D eigenvalue weighted by Crippen LogP contribution is 2.25. The van der Waals surface area contributed by atoms with Crippen LogP contribution >= 0.6 is 11.8 Å². The summed E-state index contributed by atoms with van der Waals surface area (Å²) in [6.45, 7) is 7.12. The van der Waals surface area contributed by atoms with E-state index in [-0.39, 0.29) is 0 Å². The predicted molar refractivity (Wildman–Crippen MR) is 68.6 cm³/mol. The van der Waals surface area contributed by atoms with E-state index >= 15 is 0 Å². The van der Waals surface area contributed by atoms with Crippen molar-refractivity contribution in [1.82, 2.24) is 10.2 Å². The molecule has 0 aromatic heterocycles. The fraction of sp³-hybridized carbons (Fsp3) is 1.00. The molecule has 0 bridgehead atoms. The van der Waals surface area contributed by atoms with Crippen molar-refractivity contribution in [3.8, 4) is 0 Å². The van der Waals surface area contributed by atoms with E-state index in [0.29, 0.717) is 0 Å². The Kier molecular flexibility index (Phi) is 4.35. The number of hydrogen-bond acceptors (Lipinski definition) is 3. The first-order valence-electron chi connectivity index (χ1n) is 6.38. The molecule has 0 aliphatic carbocycles. The van der Waals surface area contributed by atoms with Crippen molar-refractivity contribution < 1.29 is 0 Å². The van der Waals surface area contributed by atoms with Gasteiger partial charge in [0.2, 0.25) is 0 Å². The second-order valence-corrected chi connectivity index (χ2v) is 6.11. The van der Waals surface area contributed by atoms with E-state index in [4.69, 9.17) is 0 Å². The summed E-state index contributed by atoms with van der Waals surface area (Å²) in [4.78, 5) is 2.76. The molecule has 88 valence electrons. The summed E-state index contributed by atoms with van der Waals surface area (Å²) in [5, 5.41) is 3.67. The van der Waals surface area contributed by atoms with Crippen LogP contribution in [0.4, 0.5) is 0 Å². The van der Waals surface area contributed by atoms with Gasteiger partial charge in [0.25, 0.3) is 0 Å². The third-order valence-corrected chi connectivity index (χ3v) is 4.86. The zero-order valence-electron chi connectivity index (χ0n) is 10.0. The molecule has 2 saturated heterocycles. The molecular weight excluding hydrogens is 204 g/mol. The lowest BCUT2D eigenvalue weighted by molar-refractivity contribution is 0.0990. The van der Waals surface area contributed by atoms with Gasteiger partial charge in [0.1, 0.15) is 0 Å². The molecule has 2 aliphatic heterocycles.